The molecule has 0 saturated heterocycles. The van der Waals surface area contributed by atoms with Gasteiger partial charge in [-0.1, -0.05) is 182 Å². The van der Waals surface area contributed by atoms with Crippen LogP contribution in [0.1, 0.15) is 0 Å². The van der Waals surface area contributed by atoms with Gasteiger partial charge in [-0.05, 0) is 85.6 Å². The summed E-state index contributed by atoms with van der Waals surface area (Å²) in [6, 6.07) is 74.1. The molecular formula is C55H35N3O. The van der Waals surface area contributed by atoms with Gasteiger partial charge in [-0.3, -0.25) is 0 Å². The van der Waals surface area contributed by atoms with Crippen molar-refractivity contribution >= 4 is 32.7 Å². The standard InChI is InChI=1S/C55H35N3O/c1-4-13-36(14-5-1)38-25-28-41(29-26-38)53-56-54(44-30-27-40-19-11-22-46(49(40)34-44)39-17-8-3-9-18-39)58-55(57-53)45-31-32-48-51(35-45)59-50-24-12-23-47(52(48)50)43-21-10-20-42(33-43)37-15-6-2-7-16-37/h1-35H. The fourth-order valence-corrected chi connectivity index (χ4v) is 8.19. The van der Waals surface area contributed by atoms with Gasteiger partial charge in [0.1, 0.15) is 11.2 Å². The molecule has 0 amide bonds. The van der Waals surface area contributed by atoms with Crippen LogP contribution in [0.5, 0.6) is 0 Å². The van der Waals surface area contributed by atoms with Crippen molar-refractivity contribution in [2.75, 3.05) is 0 Å². The van der Waals surface area contributed by atoms with E-state index < -0.39 is 0 Å². The summed E-state index contributed by atoms with van der Waals surface area (Å²) in [7, 11) is 0. The molecule has 59 heavy (non-hydrogen) atoms. The molecule has 4 heteroatoms. The van der Waals surface area contributed by atoms with E-state index in [1.54, 1.807) is 0 Å². The zero-order chi connectivity index (χ0) is 39.1. The number of benzene rings is 9. The van der Waals surface area contributed by atoms with E-state index in [9.17, 15) is 0 Å². The van der Waals surface area contributed by atoms with Gasteiger partial charge in [0.2, 0.25) is 0 Å². The molecule has 0 atom stereocenters. The van der Waals surface area contributed by atoms with Crippen molar-refractivity contribution in [3.05, 3.63) is 212 Å². The number of fused-ring (bicyclic) bond motifs is 4. The number of hydrogen-bond donors (Lipinski definition) is 0. The minimum absolute atomic E-state index is 0.576. The van der Waals surface area contributed by atoms with Gasteiger partial charge in [0.25, 0.3) is 0 Å². The van der Waals surface area contributed by atoms with E-state index in [2.05, 4.69) is 188 Å². The topological polar surface area (TPSA) is 51.8 Å². The lowest BCUT2D eigenvalue weighted by molar-refractivity contribution is 0.669. The summed E-state index contributed by atoms with van der Waals surface area (Å²) in [5.74, 6) is 1.78. The van der Waals surface area contributed by atoms with E-state index in [1.165, 1.54) is 11.1 Å². The predicted octanol–water partition coefficient (Wildman–Crippen LogP) is 14.6. The predicted molar refractivity (Wildman–Crippen MR) is 243 cm³/mol. The van der Waals surface area contributed by atoms with Gasteiger partial charge in [-0.25, -0.2) is 15.0 Å². The van der Waals surface area contributed by atoms with Crippen molar-refractivity contribution in [2.45, 2.75) is 0 Å². The highest BCUT2D eigenvalue weighted by Gasteiger charge is 2.18. The Labute approximate surface area is 341 Å². The Kier molecular flexibility index (Phi) is 8.45. The molecule has 2 heterocycles. The van der Waals surface area contributed by atoms with Crippen LogP contribution in [0.4, 0.5) is 0 Å². The minimum Gasteiger partial charge on any atom is -0.456 e. The second-order valence-electron chi connectivity index (χ2n) is 14.8. The lowest BCUT2D eigenvalue weighted by Gasteiger charge is -2.11. The maximum atomic E-state index is 6.61. The number of rotatable bonds is 7. The average Bonchev–Trinajstić information content (AvgIpc) is 3.70. The first-order valence-corrected chi connectivity index (χ1v) is 19.8. The Morgan fingerprint density at radius 1 is 0.271 bits per heavy atom. The highest BCUT2D eigenvalue weighted by atomic mass is 16.3. The summed E-state index contributed by atoms with van der Waals surface area (Å²) in [6.07, 6.45) is 0. The molecule has 276 valence electrons. The van der Waals surface area contributed by atoms with Gasteiger partial charge in [0, 0.05) is 27.5 Å². The van der Waals surface area contributed by atoms with E-state index in [0.29, 0.717) is 17.5 Å². The van der Waals surface area contributed by atoms with Crippen molar-refractivity contribution in [3.63, 3.8) is 0 Å². The van der Waals surface area contributed by atoms with E-state index >= 15 is 0 Å². The smallest absolute Gasteiger partial charge is 0.164 e. The number of furan rings is 1. The Morgan fingerprint density at radius 2 is 0.780 bits per heavy atom. The summed E-state index contributed by atoms with van der Waals surface area (Å²) < 4.78 is 6.61. The molecule has 0 unspecified atom stereocenters. The van der Waals surface area contributed by atoms with Crippen LogP contribution in [0.2, 0.25) is 0 Å². The van der Waals surface area contributed by atoms with Crippen LogP contribution in [0.15, 0.2) is 217 Å². The maximum Gasteiger partial charge on any atom is 0.164 e. The molecule has 9 aromatic carbocycles. The molecule has 0 saturated carbocycles. The maximum absolute atomic E-state index is 6.61. The molecule has 4 nitrogen and oxygen atoms in total. The minimum atomic E-state index is 0.576. The van der Waals surface area contributed by atoms with Crippen LogP contribution in [0.3, 0.4) is 0 Å². The summed E-state index contributed by atoms with van der Waals surface area (Å²) in [5, 5.41) is 4.42. The van der Waals surface area contributed by atoms with Gasteiger partial charge in [0.05, 0.1) is 0 Å². The molecule has 0 aliphatic heterocycles. The molecule has 0 aliphatic rings. The highest BCUT2D eigenvalue weighted by Crippen LogP contribution is 2.40. The van der Waals surface area contributed by atoms with E-state index in [4.69, 9.17) is 19.4 Å². The lowest BCUT2D eigenvalue weighted by Crippen LogP contribution is -2.00. The van der Waals surface area contributed by atoms with E-state index in [1.807, 2.05) is 24.3 Å². The SMILES string of the molecule is c1ccc(-c2ccc(-c3nc(-c4ccc5c(c4)oc4cccc(-c6cccc(-c7ccccc7)c6)c45)nc(-c4ccc5cccc(-c6ccccc6)c5c4)n3)cc2)cc1. The van der Waals surface area contributed by atoms with E-state index in [0.717, 1.165) is 82.8 Å². The van der Waals surface area contributed by atoms with Crippen molar-refractivity contribution < 1.29 is 4.42 Å². The van der Waals surface area contributed by atoms with E-state index in [-0.39, 0.29) is 0 Å². The van der Waals surface area contributed by atoms with Gasteiger partial charge >= 0.3 is 0 Å². The zero-order valence-electron chi connectivity index (χ0n) is 32.0. The molecule has 0 N–H and O–H groups in total. The normalized spacial score (nSPS) is 11.4. The van der Waals surface area contributed by atoms with Gasteiger partial charge < -0.3 is 4.42 Å². The molecule has 0 spiro atoms. The third-order valence-electron chi connectivity index (χ3n) is 11.1. The number of aromatic nitrogens is 3. The van der Waals surface area contributed by atoms with Crippen LogP contribution in [0, 0.1) is 0 Å². The second kappa shape index (κ2) is 14.5. The number of hydrogen-bond acceptors (Lipinski definition) is 4. The quantitative estimate of drug-likeness (QED) is 0.163. The van der Waals surface area contributed by atoms with Crippen LogP contribution in [-0.4, -0.2) is 15.0 Å². The van der Waals surface area contributed by atoms with Crippen LogP contribution < -0.4 is 0 Å². The zero-order valence-corrected chi connectivity index (χ0v) is 32.0. The highest BCUT2D eigenvalue weighted by molar-refractivity contribution is 6.13. The van der Waals surface area contributed by atoms with Gasteiger partial charge in [-0.15, -0.1) is 0 Å². The molecule has 0 radical (unpaired) electrons. The first-order valence-electron chi connectivity index (χ1n) is 19.8. The van der Waals surface area contributed by atoms with Gasteiger partial charge in [0.15, 0.2) is 17.5 Å². The Hall–Kier alpha value is -7.95. The first-order chi connectivity index (χ1) is 29.2. The number of nitrogens with zero attached hydrogens (tertiary/aromatic N) is 3. The summed E-state index contributed by atoms with van der Waals surface area (Å²) in [6.45, 7) is 0. The largest absolute Gasteiger partial charge is 0.456 e. The van der Waals surface area contributed by atoms with Crippen molar-refractivity contribution in [2.24, 2.45) is 0 Å². The molecule has 0 bridgehead atoms. The Balaban J connectivity index is 1.05. The Morgan fingerprint density at radius 3 is 1.51 bits per heavy atom. The summed E-state index contributed by atoms with van der Waals surface area (Å²) >= 11 is 0. The average molecular weight is 754 g/mol. The van der Waals surface area contributed by atoms with Crippen molar-refractivity contribution in [1.29, 1.82) is 0 Å². The molecular weight excluding hydrogens is 719 g/mol. The summed E-state index contributed by atoms with van der Waals surface area (Å²) in [4.78, 5) is 15.4. The van der Waals surface area contributed by atoms with Crippen molar-refractivity contribution in [1.82, 2.24) is 15.0 Å². The van der Waals surface area contributed by atoms with Gasteiger partial charge in [-0.2, -0.15) is 0 Å². The van der Waals surface area contributed by atoms with Crippen LogP contribution >= 0.6 is 0 Å². The summed E-state index contributed by atoms with van der Waals surface area (Å²) in [5.41, 5.74) is 13.5. The van der Waals surface area contributed by atoms with Crippen molar-refractivity contribution in [3.8, 4) is 78.7 Å². The molecule has 2 aromatic heterocycles. The molecule has 11 rings (SSSR count). The fourth-order valence-electron chi connectivity index (χ4n) is 8.19. The van der Waals surface area contributed by atoms with Crippen LogP contribution in [0.25, 0.3) is 111 Å². The third kappa shape index (κ3) is 6.43. The second-order valence-corrected chi connectivity index (χ2v) is 14.8. The monoisotopic (exact) mass is 753 g/mol. The Bertz CT molecular complexity index is 3300. The lowest BCUT2D eigenvalue weighted by atomic mass is 9.96. The molecule has 0 aliphatic carbocycles. The molecule has 11 aromatic rings. The van der Waals surface area contributed by atoms with Crippen LogP contribution in [-0.2, 0) is 0 Å². The fraction of sp³-hybridized carbons (Fsp3) is 0. The molecule has 0 fully saturated rings. The third-order valence-corrected chi connectivity index (χ3v) is 11.1. The first kappa shape index (κ1) is 34.3.